The van der Waals surface area contributed by atoms with Gasteiger partial charge in [0.05, 0.1) is 19.8 Å². The Morgan fingerprint density at radius 3 is 1.51 bits per heavy atom. The number of phenolic OH excluding ortho intramolecular Hbond substituents is 2. The van der Waals surface area contributed by atoms with Gasteiger partial charge in [-0.3, -0.25) is 0 Å². The van der Waals surface area contributed by atoms with Gasteiger partial charge in [-0.2, -0.15) is 0 Å². The molecule has 0 bridgehead atoms. The smallest absolute Gasteiger partial charge is 0.147 e. The Balaban J connectivity index is 0.000000212. The lowest BCUT2D eigenvalue weighted by molar-refractivity contribution is 0.232. The summed E-state index contributed by atoms with van der Waals surface area (Å²) in [7, 11) is 0. The van der Waals surface area contributed by atoms with Gasteiger partial charge in [0.2, 0.25) is 0 Å². The van der Waals surface area contributed by atoms with Crippen molar-refractivity contribution in [2.45, 2.75) is 70.1 Å². The Morgan fingerprint density at radius 1 is 0.600 bits per heavy atom. The number of aliphatic hydroxyl groups excluding tert-OH is 3. The normalized spacial score (nSPS) is 11.9. The Kier molecular flexibility index (Phi) is 13.5. The van der Waals surface area contributed by atoms with Crippen LogP contribution in [0.2, 0.25) is 5.02 Å². The molecule has 2 aromatic heterocycles. The summed E-state index contributed by atoms with van der Waals surface area (Å²) in [6, 6.07) is 18.0. The van der Waals surface area contributed by atoms with Gasteiger partial charge in [-0.25, -0.2) is 0 Å². The number of halogens is 1. The zero-order valence-corrected chi connectivity index (χ0v) is 33.5. The zero-order chi connectivity index (χ0) is 39.9. The van der Waals surface area contributed by atoms with Crippen molar-refractivity contribution >= 4 is 45.4 Å². The van der Waals surface area contributed by atoms with Crippen LogP contribution in [0.15, 0.2) is 65.6 Å². The van der Waals surface area contributed by atoms with Crippen molar-refractivity contribution in [2.75, 3.05) is 38.8 Å². The predicted molar refractivity (Wildman–Crippen MR) is 216 cm³/mol. The maximum Gasteiger partial charge on any atom is 0.147 e. The monoisotopic (exact) mass is 792 g/mol. The van der Waals surface area contributed by atoms with E-state index < -0.39 is 0 Å². The van der Waals surface area contributed by atoms with E-state index in [0.717, 1.165) is 16.0 Å². The van der Waals surface area contributed by atoms with Gasteiger partial charge < -0.3 is 35.0 Å². The lowest BCUT2D eigenvalue weighted by Crippen LogP contribution is -2.14. The van der Waals surface area contributed by atoms with Gasteiger partial charge in [0, 0.05) is 65.0 Å². The topological polar surface area (TPSA) is 181 Å². The first-order valence-corrected chi connectivity index (χ1v) is 19.4. The van der Waals surface area contributed by atoms with E-state index in [1.54, 1.807) is 42.1 Å². The van der Waals surface area contributed by atoms with Crippen LogP contribution in [-0.4, -0.2) is 94.3 Å². The highest BCUT2D eigenvalue weighted by molar-refractivity contribution is 7.99. The average Bonchev–Trinajstić information content (AvgIpc) is 3.75. The molecule has 15 heteroatoms. The molecule has 5 N–H and O–H groups in total. The van der Waals surface area contributed by atoms with Crippen LogP contribution in [0.4, 0.5) is 0 Å². The van der Waals surface area contributed by atoms with Gasteiger partial charge in [-0.15, -0.1) is 41.7 Å². The quantitative estimate of drug-likeness (QED) is 0.0592. The minimum atomic E-state index is -0.310. The molecule has 2 heterocycles. The van der Waals surface area contributed by atoms with Gasteiger partial charge in [0.25, 0.3) is 0 Å². The molecule has 0 saturated heterocycles. The number of nitrogens with zero attached hydrogens (tertiary/aromatic N) is 6. The molecule has 0 fully saturated rings. The van der Waals surface area contributed by atoms with Gasteiger partial charge in [0.15, 0.2) is 0 Å². The second kappa shape index (κ2) is 17.9. The largest absolute Gasteiger partial charge is 0.505 e. The fourth-order valence-electron chi connectivity index (χ4n) is 5.56. The highest BCUT2D eigenvalue weighted by Gasteiger charge is 2.25. The number of ether oxygens (including phenoxy) is 2. The van der Waals surface area contributed by atoms with Crippen LogP contribution in [0.3, 0.4) is 0 Å². The van der Waals surface area contributed by atoms with E-state index in [9.17, 15) is 10.2 Å². The lowest BCUT2D eigenvalue weighted by Gasteiger charge is -2.23. The molecule has 13 nitrogen and oxygen atoms in total. The molecule has 0 radical (unpaired) electrons. The molecule has 0 aliphatic carbocycles. The summed E-state index contributed by atoms with van der Waals surface area (Å²) in [5.41, 5.74) is 4.46. The predicted octanol–water partition coefficient (Wildman–Crippen LogP) is 7.11. The second-order valence-electron chi connectivity index (χ2n) is 14.9. The van der Waals surface area contributed by atoms with Gasteiger partial charge in [0.1, 0.15) is 56.4 Å². The SMILES string of the molecule is CC(C)(C)c1cc(OCCCO)cc(-n2nc3ccc(Cl)cc3n2)c1O.CC(C)(C)c1cc(OCCCO)cc(-n2nc3ccc(SCCO)cc3n2)c1O. The van der Waals surface area contributed by atoms with E-state index in [-0.39, 0.29) is 42.1 Å². The molecule has 0 saturated carbocycles. The fourth-order valence-corrected chi connectivity index (χ4v) is 6.41. The number of aliphatic hydroxyl groups is 3. The molecule has 6 rings (SSSR count). The molecular weight excluding hydrogens is 744 g/mol. The summed E-state index contributed by atoms with van der Waals surface area (Å²) in [4.78, 5) is 3.82. The van der Waals surface area contributed by atoms with E-state index in [1.807, 2.05) is 71.9 Å². The van der Waals surface area contributed by atoms with E-state index in [4.69, 9.17) is 36.4 Å². The number of fused-ring (bicyclic) bond motifs is 2. The minimum absolute atomic E-state index is 0.0554. The van der Waals surface area contributed by atoms with Gasteiger partial charge in [-0.05, 0) is 59.4 Å². The summed E-state index contributed by atoms with van der Waals surface area (Å²) < 4.78 is 11.5. The van der Waals surface area contributed by atoms with Crippen molar-refractivity contribution < 1.29 is 35.0 Å². The Hall–Kier alpha value is -4.60. The Labute approximate surface area is 329 Å². The molecule has 6 aromatic rings. The summed E-state index contributed by atoms with van der Waals surface area (Å²) in [5.74, 6) is 2.02. The third kappa shape index (κ3) is 10.4. The second-order valence-corrected chi connectivity index (χ2v) is 16.5. The standard InChI is InChI=1S/C21H27N3O4S.C19H22ClN3O3/c1-21(2,3)16-11-14(28-9-4-7-25)12-19(20(16)27)24-22-17-6-5-15(29-10-8-26)13-18(17)23-24;1-19(2,3)14-10-13(26-8-4-7-24)11-17(18(14)25)23-21-15-6-5-12(20)9-16(15)22-23/h5-6,11-13,25-27H,4,7-10H2,1-3H3;5-6,9-11,24-25H,4,7-8H2,1-3H3. The van der Waals surface area contributed by atoms with Crippen LogP contribution in [0.1, 0.15) is 65.5 Å². The summed E-state index contributed by atoms with van der Waals surface area (Å²) in [6.45, 7) is 13.1. The van der Waals surface area contributed by atoms with Crippen LogP contribution in [0, 0.1) is 0 Å². The van der Waals surface area contributed by atoms with Crippen LogP contribution in [-0.2, 0) is 10.8 Å². The van der Waals surface area contributed by atoms with Gasteiger partial charge >= 0.3 is 0 Å². The molecule has 0 atom stereocenters. The first-order valence-electron chi connectivity index (χ1n) is 18.0. The zero-order valence-electron chi connectivity index (χ0n) is 32.0. The highest BCUT2D eigenvalue weighted by atomic mass is 35.5. The summed E-state index contributed by atoms with van der Waals surface area (Å²) >= 11 is 7.57. The van der Waals surface area contributed by atoms with Gasteiger partial charge in [-0.1, -0.05) is 53.1 Å². The molecule has 4 aromatic carbocycles. The number of phenols is 2. The van der Waals surface area contributed by atoms with Crippen molar-refractivity contribution in [2.24, 2.45) is 0 Å². The maximum absolute atomic E-state index is 10.9. The van der Waals surface area contributed by atoms with Crippen LogP contribution in [0.5, 0.6) is 23.0 Å². The summed E-state index contributed by atoms with van der Waals surface area (Å²) in [5, 5.41) is 67.2. The van der Waals surface area contributed by atoms with Crippen molar-refractivity contribution in [1.82, 2.24) is 30.0 Å². The number of hydrogen-bond acceptors (Lipinski definition) is 12. The average molecular weight is 793 g/mol. The summed E-state index contributed by atoms with van der Waals surface area (Å²) in [6.07, 6.45) is 1.06. The molecule has 55 heavy (non-hydrogen) atoms. The number of aromatic hydroxyl groups is 2. The number of benzene rings is 4. The van der Waals surface area contributed by atoms with Crippen molar-refractivity contribution in [3.8, 4) is 34.4 Å². The van der Waals surface area contributed by atoms with Crippen molar-refractivity contribution in [3.05, 3.63) is 76.8 Å². The lowest BCUT2D eigenvalue weighted by atomic mass is 9.86. The molecule has 0 amide bonds. The number of thioether (sulfide) groups is 1. The fraction of sp³-hybridized carbons (Fsp3) is 0.400. The Morgan fingerprint density at radius 2 is 1.05 bits per heavy atom. The van der Waals surface area contributed by atoms with E-state index >= 15 is 0 Å². The van der Waals surface area contributed by atoms with E-state index in [2.05, 4.69) is 20.4 Å². The molecule has 294 valence electrons. The van der Waals surface area contributed by atoms with Crippen LogP contribution < -0.4 is 9.47 Å². The molecule has 0 unspecified atom stereocenters. The van der Waals surface area contributed by atoms with E-state index in [1.165, 1.54) is 9.59 Å². The molecule has 0 aliphatic heterocycles. The van der Waals surface area contributed by atoms with Crippen LogP contribution in [0.25, 0.3) is 33.4 Å². The first-order chi connectivity index (χ1) is 26.1. The first kappa shape index (κ1) is 41.6. The third-order valence-electron chi connectivity index (χ3n) is 8.37. The molecular formula is C40H49ClN6O7S. The number of hydrogen-bond donors (Lipinski definition) is 5. The number of aromatic nitrogens is 6. The van der Waals surface area contributed by atoms with E-state index in [0.29, 0.717) is 81.8 Å². The third-order valence-corrected chi connectivity index (χ3v) is 9.58. The molecule has 0 aliphatic rings. The Bertz CT molecular complexity index is 2230. The number of rotatable bonds is 13. The van der Waals surface area contributed by atoms with Crippen LogP contribution >= 0.6 is 23.4 Å². The molecule has 0 spiro atoms. The minimum Gasteiger partial charge on any atom is -0.505 e. The van der Waals surface area contributed by atoms with Crippen molar-refractivity contribution in [3.63, 3.8) is 0 Å². The van der Waals surface area contributed by atoms with Crippen molar-refractivity contribution in [1.29, 1.82) is 0 Å². The highest BCUT2D eigenvalue weighted by Crippen LogP contribution is 2.40. The maximum atomic E-state index is 10.9.